The van der Waals surface area contributed by atoms with Gasteiger partial charge in [0, 0.05) is 64.2 Å². The Balaban J connectivity index is 1.55. The number of benzene rings is 4. The number of hydrogen-bond acceptors (Lipinski definition) is 14. The van der Waals surface area contributed by atoms with Gasteiger partial charge in [-0.1, -0.05) is 26.0 Å². The number of fused-ring (bicyclic) bond motifs is 6. The van der Waals surface area contributed by atoms with E-state index in [1.165, 1.54) is 12.1 Å². The summed E-state index contributed by atoms with van der Waals surface area (Å²) in [5.74, 6) is -1.54. The van der Waals surface area contributed by atoms with Crippen LogP contribution in [0.2, 0.25) is 0 Å². The van der Waals surface area contributed by atoms with Crippen LogP contribution in [0.4, 0.5) is 11.4 Å². The number of allylic oxidation sites excluding steroid dienone is 4. The van der Waals surface area contributed by atoms with E-state index in [1.807, 2.05) is 32.3 Å². The van der Waals surface area contributed by atoms with Crippen LogP contribution in [0.5, 0.6) is 0 Å². The second-order valence-corrected chi connectivity index (χ2v) is 22.8. The monoisotopic (exact) mass is 984 g/mol. The minimum atomic E-state index is -5.01. The molecule has 346 valence electrons. The number of rotatable bonds is 18. The van der Waals surface area contributed by atoms with Gasteiger partial charge in [0.1, 0.15) is 11.4 Å². The van der Waals surface area contributed by atoms with Gasteiger partial charge in [-0.25, -0.2) is 0 Å². The van der Waals surface area contributed by atoms with Gasteiger partial charge in [-0.2, -0.15) is 42.6 Å². The fourth-order valence-electron chi connectivity index (χ4n) is 8.75. The minimum Gasteiger partial charge on any atom is -0.691 e. The molecule has 0 amide bonds. The van der Waals surface area contributed by atoms with Crippen molar-refractivity contribution in [1.29, 1.82) is 0 Å². The standard InChI is InChI=1S/C40H44N2O17S5/c1-39(2)35(42(18-9-19-61(46,47)48)30-15-13-26-28(37(30)39)20-24(62(49,50)51)22-32(26)60-59-58-45)11-8-10-34-40(3,4)38-29-21-25(63(52,53)54)23-33(64(55,56)57)27(29)14-16-31(38)41(34)17-7-5-6-12-36(43)44/h8,10-11,13-16,20-23H,5-7,9,12,17-19H2,1-4H3,(H5-,43,44,45,46,47,48,49,50,51,52,53,54,55,56,57). The number of aliphatic carboxylic acids is 1. The summed E-state index contributed by atoms with van der Waals surface area (Å²) in [6, 6.07) is 10.5. The first-order valence-electron chi connectivity index (χ1n) is 19.4. The molecule has 0 spiro atoms. The quantitative estimate of drug-likeness (QED) is 0.0205. The van der Waals surface area contributed by atoms with Crippen molar-refractivity contribution >= 4 is 97.1 Å². The molecule has 24 heteroatoms. The van der Waals surface area contributed by atoms with Crippen molar-refractivity contribution < 1.29 is 81.0 Å². The molecule has 0 saturated carbocycles. The fraction of sp³-hybridized carbons (Fsp3) is 0.350. The molecule has 4 aromatic carbocycles. The maximum absolute atomic E-state index is 12.6. The van der Waals surface area contributed by atoms with Crippen molar-refractivity contribution in [1.82, 2.24) is 0 Å². The summed E-state index contributed by atoms with van der Waals surface area (Å²) in [6.45, 7) is 7.64. The van der Waals surface area contributed by atoms with Crippen molar-refractivity contribution in [2.24, 2.45) is 0 Å². The van der Waals surface area contributed by atoms with E-state index in [4.69, 9.17) is 0 Å². The van der Waals surface area contributed by atoms with Crippen LogP contribution in [0.3, 0.4) is 0 Å². The molecular weight excluding hydrogens is 941 g/mol. The van der Waals surface area contributed by atoms with E-state index in [9.17, 15) is 67.0 Å². The highest BCUT2D eigenvalue weighted by atomic mass is 32.2. The Morgan fingerprint density at radius 2 is 1.39 bits per heavy atom. The van der Waals surface area contributed by atoms with Crippen LogP contribution in [0.25, 0.3) is 21.5 Å². The van der Waals surface area contributed by atoms with Crippen molar-refractivity contribution in [3.63, 3.8) is 0 Å². The summed E-state index contributed by atoms with van der Waals surface area (Å²) < 4.78 is 145. The van der Waals surface area contributed by atoms with Gasteiger partial charge in [0.25, 0.3) is 40.5 Å². The topological polar surface area (TPSA) is 303 Å². The van der Waals surface area contributed by atoms with E-state index in [2.05, 4.69) is 9.37 Å². The minimum absolute atomic E-state index is 0.0143. The van der Waals surface area contributed by atoms with Gasteiger partial charge in [-0.3, -0.25) is 28.0 Å². The van der Waals surface area contributed by atoms with Crippen molar-refractivity contribution in [3.8, 4) is 0 Å². The molecule has 0 saturated heterocycles. The Hall–Kier alpha value is -4.31. The number of carboxylic acids is 1. The second-order valence-electron chi connectivity index (χ2n) is 16.3. The normalized spacial score (nSPS) is 17.0. The number of carbonyl (C=O) groups is 1. The van der Waals surface area contributed by atoms with E-state index < -0.39 is 77.7 Å². The van der Waals surface area contributed by atoms with Gasteiger partial charge in [-0.15, -0.1) is 0 Å². The van der Waals surface area contributed by atoms with Gasteiger partial charge in [0.15, 0.2) is 5.71 Å². The zero-order valence-electron chi connectivity index (χ0n) is 34.6. The smallest absolute Gasteiger partial charge is 0.303 e. The summed E-state index contributed by atoms with van der Waals surface area (Å²) in [6.07, 6.45) is 6.52. The average molecular weight is 985 g/mol. The van der Waals surface area contributed by atoms with E-state index in [1.54, 1.807) is 41.3 Å². The molecule has 2 aliphatic heterocycles. The summed E-state index contributed by atoms with van der Waals surface area (Å²) in [7, 11) is -19.2. The summed E-state index contributed by atoms with van der Waals surface area (Å²) >= 11 is 0.418. The summed E-state index contributed by atoms with van der Waals surface area (Å²) in [4.78, 5) is 11.1. The fourth-order valence-corrected chi connectivity index (χ4v) is 11.7. The molecule has 5 N–H and O–H groups in total. The van der Waals surface area contributed by atoms with Gasteiger partial charge < -0.3 is 15.3 Å². The van der Waals surface area contributed by atoms with Crippen LogP contribution in [-0.2, 0) is 65.5 Å². The zero-order chi connectivity index (χ0) is 47.4. The molecule has 64 heavy (non-hydrogen) atoms. The first-order valence-corrected chi connectivity index (χ1v) is 26.0. The van der Waals surface area contributed by atoms with E-state index in [-0.39, 0.29) is 35.1 Å². The predicted molar refractivity (Wildman–Crippen MR) is 233 cm³/mol. The molecule has 6 rings (SSSR count). The Labute approximate surface area is 373 Å². The number of carboxylic acid groups (broad SMARTS) is 1. The van der Waals surface area contributed by atoms with Gasteiger partial charge >= 0.3 is 5.97 Å². The van der Waals surface area contributed by atoms with Crippen LogP contribution < -0.4 is 10.2 Å². The van der Waals surface area contributed by atoms with E-state index in [0.717, 1.165) is 12.1 Å². The molecule has 4 aromatic rings. The van der Waals surface area contributed by atoms with Crippen LogP contribution in [-0.4, -0.2) is 92.1 Å². The van der Waals surface area contributed by atoms with Gasteiger partial charge in [0.2, 0.25) is 5.69 Å². The molecule has 0 bridgehead atoms. The van der Waals surface area contributed by atoms with Crippen LogP contribution in [0, 0.1) is 0 Å². The van der Waals surface area contributed by atoms with Crippen LogP contribution in [0.1, 0.15) is 70.9 Å². The maximum Gasteiger partial charge on any atom is 0.303 e. The van der Waals surface area contributed by atoms with E-state index in [0.29, 0.717) is 88.6 Å². The van der Waals surface area contributed by atoms with Crippen LogP contribution in [0.15, 0.2) is 92.0 Å². The lowest BCUT2D eigenvalue weighted by Gasteiger charge is -2.27. The summed E-state index contributed by atoms with van der Waals surface area (Å²) in [5.41, 5.74) is 1.20. The lowest BCUT2D eigenvalue weighted by molar-refractivity contribution is -0.777. The van der Waals surface area contributed by atoms with Crippen molar-refractivity contribution in [2.75, 3.05) is 23.7 Å². The highest BCUT2D eigenvalue weighted by Crippen LogP contribution is 2.52. The first-order chi connectivity index (χ1) is 29.6. The lowest BCUT2D eigenvalue weighted by Crippen LogP contribution is -2.29. The molecule has 0 aromatic heterocycles. The zero-order valence-corrected chi connectivity index (χ0v) is 38.7. The predicted octanol–water partition coefficient (Wildman–Crippen LogP) is 5.50. The van der Waals surface area contributed by atoms with Crippen LogP contribution >= 0.6 is 12.0 Å². The Morgan fingerprint density at radius 1 is 0.766 bits per heavy atom. The largest absolute Gasteiger partial charge is 0.691 e. The van der Waals surface area contributed by atoms with Gasteiger partial charge in [-0.05, 0) is 97.3 Å². The first kappa shape index (κ1) is 49.1. The number of anilines is 1. The van der Waals surface area contributed by atoms with Crippen molar-refractivity contribution in [2.45, 2.75) is 90.2 Å². The second kappa shape index (κ2) is 17.8. The number of nitrogens with zero attached hydrogens (tertiary/aromatic N) is 2. The average Bonchev–Trinajstić information content (AvgIpc) is 3.52. The number of unbranched alkanes of at least 4 members (excludes halogenated alkanes) is 2. The molecule has 2 heterocycles. The third-order valence-electron chi connectivity index (χ3n) is 11.4. The molecule has 0 aliphatic carbocycles. The molecule has 0 radical (unpaired) electrons. The highest BCUT2D eigenvalue weighted by molar-refractivity contribution is 7.94. The summed E-state index contributed by atoms with van der Waals surface area (Å²) in [5, 5.41) is 24.3. The van der Waals surface area contributed by atoms with Gasteiger partial charge in [0.05, 0.1) is 33.0 Å². The molecule has 0 atom stereocenters. The SMILES string of the molecule is CC1(C)C(/C=C/C=C2/N(CCCS(=O)(=O)O)c3ccc4c(SOO[O-])cc(S(=O)(=O)O)cc4c3C2(C)C)=[N+](CCCCCC(=O)O)c2ccc3c(S(=O)(=O)O)cc(S(=O)(=O)O)cc3c21. The molecule has 0 fully saturated rings. The Morgan fingerprint density at radius 3 is 1.98 bits per heavy atom. The van der Waals surface area contributed by atoms with Crippen molar-refractivity contribution in [3.05, 3.63) is 83.6 Å². The number of hydrogen-bond donors (Lipinski definition) is 5. The Bertz CT molecular complexity index is 3140. The Kier molecular flexibility index (Phi) is 13.7. The third-order valence-corrected chi connectivity index (χ3v) is 15.4. The third kappa shape index (κ3) is 9.92. The van der Waals surface area contributed by atoms with E-state index >= 15 is 0 Å². The lowest BCUT2D eigenvalue weighted by atomic mass is 9.78. The highest BCUT2D eigenvalue weighted by Gasteiger charge is 2.47. The molecule has 0 unspecified atom stereocenters. The molecular formula is C40H44N2O17S5. The molecule has 2 aliphatic rings. The maximum atomic E-state index is 12.6. The molecule has 19 nitrogen and oxygen atoms in total.